The Morgan fingerprint density at radius 1 is 1.00 bits per heavy atom. The summed E-state index contributed by atoms with van der Waals surface area (Å²) in [5.41, 5.74) is 3.12. The molecule has 0 bridgehead atoms. The van der Waals surface area contributed by atoms with Crippen LogP contribution in [0.2, 0.25) is 0 Å². The molecular weight excluding hydrogens is 386 g/mol. The van der Waals surface area contributed by atoms with Crippen LogP contribution < -0.4 is 10.1 Å². The first-order chi connectivity index (χ1) is 15.0. The summed E-state index contributed by atoms with van der Waals surface area (Å²) >= 11 is 0. The van der Waals surface area contributed by atoms with Crippen molar-refractivity contribution in [3.63, 3.8) is 0 Å². The number of aryl methyl sites for hydroxylation is 2. The van der Waals surface area contributed by atoms with Crippen molar-refractivity contribution in [1.29, 1.82) is 0 Å². The van der Waals surface area contributed by atoms with E-state index < -0.39 is 0 Å². The molecule has 0 saturated carbocycles. The smallest absolute Gasteiger partial charge is 0.217 e. The van der Waals surface area contributed by atoms with E-state index in [0.29, 0.717) is 0 Å². The number of aromatic nitrogens is 2. The van der Waals surface area contributed by atoms with Gasteiger partial charge >= 0.3 is 0 Å². The minimum Gasteiger partial charge on any atom is -0.457 e. The van der Waals surface area contributed by atoms with Gasteiger partial charge in [-0.25, -0.2) is 4.98 Å². The van der Waals surface area contributed by atoms with Crippen molar-refractivity contribution in [2.45, 2.75) is 65.3 Å². The van der Waals surface area contributed by atoms with Crippen LogP contribution in [-0.4, -0.2) is 21.4 Å². The Bertz CT molecular complexity index is 971. The van der Waals surface area contributed by atoms with Gasteiger partial charge in [-0.2, -0.15) is 0 Å². The van der Waals surface area contributed by atoms with Crippen LogP contribution in [0.4, 0.5) is 0 Å². The number of benzene rings is 2. The highest BCUT2D eigenvalue weighted by Crippen LogP contribution is 2.27. The van der Waals surface area contributed by atoms with Crippen molar-refractivity contribution < 1.29 is 9.53 Å². The lowest BCUT2D eigenvalue weighted by Gasteiger charge is -2.32. The number of H-pyrrole nitrogens is 1. The lowest BCUT2D eigenvalue weighted by atomic mass is 9.86. The standard InChI is InChI=1S/C26H33N3O2/c1-5-25-27-18-24(28-25)21-10-14-23(15-11-21)31-22-12-8-20(9-13-22)16-17-26(6-2,7-3)29-19(4)30/h8-15,18H,5-7,16-17H2,1-4H3,(H,27,28)(H,29,30). The van der Waals surface area contributed by atoms with Gasteiger partial charge in [0, 0.05) is 30.6 Å². The van der Waals surface area contributed by atoms with Gasteiger partial charge in [-0.05, 0) is 67.6 Å². The Kier molecular flexibility index (Phi) is 7.50. The molecule has 3 aromatic rings. The number of imidazole rings is 1. The third-order valence-corrected chi connectivity index (χ3v) is 5.96. The summed E-state index contributed by atoms with van der Waals surface area (Å²) in [7, 11) is 0. The van der Waals surface area contributed by atoms with E-state index in [2.05, 4.69) is 48.2 Å². The molecule has 1 heterocycles. The van der Waals surface area contributed by atoms with Gasteiger partial charge in [-0.3, -0.25) is 4.79 Å². The topological polar surface area (TPSA) is 67.0 Å². The van der Waals surface area contributed by atoms with Crippen LogP contribution >= 0.6 is 0 Å². The number of carbonyl (C=O) groups excluding carboxylic acids is 1. The summed E-state index contributed by atoms with van der Waals surface area (Å²) in [4.78, 5) is 19.3. The van der Waals surface area contributed by atoms with Crippen LogP contribution in [0.15, 0.2) is 54.7 Å². The van der Waals surface area contributed by atoms with Crippen LogP contribution in [0.25, 0.3) is 11.3 Å². The van der Waals surface area contributed by atoms with E-state index in [4.69, 9.17) is 4.74 Å². The van der Waals surface area contributed by atoms with Crippen molar-refractivity contribution in [2.24, 2.45) is 0 Å². The molecule has 2 aromatic carbocycles. The van der Waals surface area contributed by atoms with Crippen molar-refractivity contribution in [1.82, 2.24) is 15.3 Å². The summed E-state index contributed by atoms with van der Waals surface area (Å²) in [5.74, 6) is 2.63. The molecule has 0 aliphatic carbocycles. The Balaban J connectivity index is 1.59. The lowest BCUT2D eigenvalue weighted by Crippen LogP contribution is -2.47. The van der Waals surface area contributed by atoms with Crippen molar-refractivity contribution in [3.05, 3.63) is 66.1 Å². The highest BCUT2D eigenvalue weighted by atomic mass is 16.5. The SMILES string of the molecule is CCc1nc(-c2ccc(Oc3ccc(CCC(CC)(CC)NC(C)=O)cc3)cc2)c[nH]1. The third kappa shape index (κ3) is 5.97. The zero-order chi connectivity index (χ0) is 22.3. The van der Waals surface area contributed by atoms with Gasteiger partial charge in [0.25, 0.3) is 0 Å². The molecule has 31 heavy (non-hydrogen) atoms. The lowest BCUT2D eigenvalue weighted by molar-refractivity contribution is -0.121. The van der Waals surface area contributed by atoms with Crippen molar-refractivity contribution >= 4 is 5.91 Å². The van der Waals surface area contributed by atoms with E-state index in [1.54, 1.807) is 6.92 Å². The molecule has 0 spiro atoms. The average Bonchev–Trinajstić information content (AvgIpc) is 3.27. The van der Waals surface area contributed by atoms with Crippen LogP contribution in [0.1, 0.15) is 58.3 Å². The van der Waals surface area contributed by atoms with Gasteiger partial charge in [0.2, 0.25) is 5.91 Å². The van der Waals surface area contributed by atoms with E-state index in [1.807, 2.05) is 42.6 Å². The molecule has 164 valence electrons. The molecule has 0 saturated heterocycles. The first kappa shape index (κ1) is 22.6. The Morgan fingerprint density at radius 3 is 2.13 bits per heavy atom. The number of nitrogens with zero attached hydrogens (tertiary/aromatic N) is 1. The molecule has 0 atom stereocenters. The monoisotopic (exact) mass is 419 g/mol. The molecule has 0 fully saturated rings. The largest absolute Gasteiger partial charge is 0.457 e. The number of carbonyl (C=O) groups is 1. The highest BCUT2D eigenvalue weighted by molar-refractivity contribution is 5.73. The van der Waals surface area contributed by atoms with Gasteiger partial charge in [-0.1, -0.05) is 32.9 Å². The molecular formula is C26H33N3O2. The zero-order valence-electron chi connectivity index (χ0n) is 19.0. The van der Waals surface area contributed by atoms with Gasteiger partial charge in [0.05, 0.1) is 5.69 Å². The number of aromatic amines is 1. The predicted octanol–water partition coefficient (Wildman–Crippen LogP) is 6.06. The highest BCUT2D eigenvalue weighted by Gasteiger charge is 2.26. The predicted molar refractivity (Wildman–Crippen MR) is 125 cm³/mol. The van der Waals surface area contributed by atoms with Crippen LogP contribution in [-0.2, 0) is 17.6 Å². The van der Waals surface area contributed by atoms with E-state index in [0.717, 1.165) is 60.7 Å². The Morgan fingerprint density at radius 2 is 1.61 bits per heavy atom. The number of hydrogen-bond donors (Lipinski definition) is 2. The summed E-state index contributed by atoms with van der Waals surface area (Å²) in [6.07, 6.45) is 6.53. The van der Waals surface area contributed by atoms with Gasteiger partial charge in [0.15, 0.2) is 0 Å². The molecule has 1 amide bonds. The number of nitrogens with one attached hydrogen (secondary N) is 2. The van der Waals surface area contributed by atoms with E-state index in [1.165, 1.54) is 5.56 Å². The average molecular weight is 420 g/mol. The number of hydrogen-bond acceptors (Lipinski definition) is 3. The molecule has 3 rings (SSSR count). The molecule has 1 aromatic heterocycles. The fourth-order valence-electron chi connectivity index (χ4n) is 3.84. The number of ether oxygens (including phenoxy) is 1. The van der Waals surface area contributed by atoms with Gasteiger partial charge in [0.1, 0.15) is 17.3 Å². The second kappa shape index (κ2) is 10.3. The second-order valence-corrected chi connectivity index (χ2v) is 8.02. The van der Waals surface area contributed by atoms with E-state index >= 15 is 0 Å². The third-order valence-electron chi connectivity index (χ3n) is 5.96. The normalized spacial score (nSPS) is 11.4. The Hall–Kier alpha value is -3.08. The summed E-state index contributed by atoms with van der Waals surface area (Å²) in [6, 6.07) is 16.2. The second-order valence-electron chi connectivity index (χ2n) is 8.02. The summed E-state index contributed by atoms with van der Waals surface area (Å²) in [6.45, 7) is 7.95. The molecule has 5 heteroatoms. The summed E-state index contributed by atoms with van der Waals surface area (Å²) in [5, 5.41) is 3.16. The maximum absolute atomic E-state index is 11.6. The fraction of sp³-hybridized carbons (Fsp3) is 0.385. The van der Waals surface area contributed by atoms with Crippen molar-refractivity contribution in [3.8, 4) is 22.8 Å². The zero-order valence-corrected chi connectivity index (χ0v) is 19.0. The molecule has 0 unspecified atom stereocenters. The minimum absolute atomic E-state index is 0.0385. The van der Waals surface area contributed by atoms with Crippen LogP contribution in [0, 0.1) is 0 Å². The molecule has 0 aliphatic heterocycles. The fourth-order valence-corrected chi connectivity index (χ4v) is 3.84. The maximum atomic E-state index is 11.6. The minimum atomic E-state index is -0.130. The Labute approximate surface area is 185 Å². The maximum Gasteiger partial charge on any atom is 0.217 e. The van der Waals surface area contributed by atoms with Gasteiger partial charge in [-0.15, -0.1) is 0 Å². The molecule has 0 aliphatic rings. The first-order valence-corrected chi connectivity index (χ1v) is 11.2. The van der Waals surface area contributed by atoms with E-state index in [9.17, 15) is 4.79 Å². The summed E-state index contributed by atoms with van der Waals surface area (Å²) < 4.78 is 6.01. The molecule has 0 radical (unpaired) electrons. The molecule has 5 nitrogen and oxygen atoms in total. The van der Waals surface area contributed by atoms with Crippen molar-refractivity contribution in [2.75, 3.05) is 0 Å². The van der Waals surface area contributed by atoms with Crippen LogP contribution in [0.5, 0.6) is 11.5 Å². The first-order valence-electron chi connectivity index (χ1n) is 11.2. The van der Waals surface area contributed by atoms with Crippen LogP contribution in [0.3, 0.4) is 0 Å². The van der Waals surface area contributed by atoms with E-state index in [-0.39, 0.29) is 11.4 Å². The molecule has 2 N–H and O–H groups in total. The quantitative estimate of drug-likeness (QED) is 0.420. The number of amides is 1. The van der Waals surface area contributed by atoms with Gasteiger partial charge < -0.3 is 15.0 Å². The number of rotatable bonds is 10.